The molecule has 0 nitrogen and oxygen atoms in total. The molecule has 0 bridgehead atoms. The van der Waals surface area contributed by atoms with E-state index in [4.69, 9.17) is 0 Å². The summed E-state index contributed by atoms with van der Waals surface area (Å²) in [6.45, 7) is 26.8. The van der Waals surface area contributed by atoms with E-state index in [1.54, 1.807) is 0 Å². The predicted molar refractivity (Wildman–Crippen MR) is 98.8 cm³/mol. The van der Waals surface area contributed by atoms with Gasteiger partial charge in [0.15, 0.2) is 0 Å². The van der Waals surface area contributed by atoms with Crippen molar-refractivity contribution in [2.24, 2.45) is 0 Å². The van der Waals surface area contributed by atoms with Gasteiger partial charge in [-0.3, -0.25) is 0 Å². The second-order valence-electron chi connectivity index (χ2n) is 5.37. The first kappa shape index (κ1) is 31.5. The van der Waals surface area contributed by atoms with Gasteiger partial charge in [-0.1, -0.05) is 0 Å². The summed E-state index contributed by atoms with van der Waals surface area (Å²) in [7, 11) is 1.52. The third-order valence-electron chi connectivity index (χ3n) is 0. The molecule has 0 aliphatic rings. The molecule has 5 heteroatoms. The van der Waals surface area contributed by atoms with Crippen molar-refractivity contribution >= 4 is 31.7 Å². The van der Waals surface area contributed by atoms with Crippen LogP contribution in [0, 0.1) is 0 Å². The van der Waals surface area contributed by atoms with E-state index in [0.29, 0.717) is 31.7 Å². The van der Waals surface area contributed by atoms with Gasteiger partial charge in [0.05, 0.1) is 0 Å². The van der Waals surface area contributed by atoms with Crippen molar-refractivity contribution < 1.29 is 16.5 Å². The molecule has 0 aliphatic heterocycles. The summed E-state index contributed by atoms with van der Waals surface area (Å²) in [6.07, 6.45) is 0. The fourth-order valence-electron chi connectivity index (χ4n) is 0. The topological polar surface area (TPSA) is 0 Å². The van der Waals surface area contributed by atoms with Crippen molar-refractivity contribution in [1.82, 2.24) is 0 Å². The van der Waals surface area contributed by atoms with E-state index in [2.05, 4.69) is 80.0 Å². The van der Waals surface area contributed by atoms with Crippen LogP contribution in [0.25, 0.3) is 0 Å². The van der Waals surface area contributed by atoms with E-state index < -0.39 is 0 Å². The van der Waals surface area contributed by atoms with Crippen LogP contribution in [-0.2, 0) is 16.5 Å². The average Bonchev–Trinajstić information content (AvgIpc) is 1.76. The molecule has 0 N–H and O–H groups in total. The Kier molecular flexibility index (Phi) is 49.6. The zero-order chi connectivity index (χ0) is 14.3. The van der Waals surface area contributed by atoms with Crippen LogP contribution >= 0.6 is 31.7 Å². The van der Waals surface area contributed by atoms with E-state index >= 15 is 0 Å². The molecule has 114 valence electrons. The van der Waals surface area contributed by atoms with E-state index in [1.807, 2.05) is 0 Å². The number of hydrogen-bond donors (Lipinski definition) is 0. The van der Waals surface area contributed by atoms with Crippen molar-refractivity contribution in [2.75, 3.05) is 80.0 Å². The zero-order valence-corrected chi connectivity index (χ0v) is 18.7. The Labute approximate surface area is 128 Å². The van der Waals surface area contributed by atoms with Crippen LogP contribution in [0.5, 0.6) is 0 Å². The molecule has 0 saturated heterocycles. The summed E-state index contributed by atoms with van der Waals surface area (Å²) in [5, 5.41) is 0. The molecule has 0 atom stereocenters. The third kappa shape index (κ3) is 977. The maximum absolute atomic E-state index is 2.23. The monoisotopic (exact) mass is 362 g/mol. The minimum atomic E-state index is 0. The molecule has 0 radical (unpaired) electrons. The SMILES string of the molecule is CP(C)C.CP(C)C.CP(C)C.CP(C)C.[Ni]. The molecular formula is C12H36NiP4. The van der Waals surface area contributed by atoms with Crippen LogP contribution in [0.3, 0.4) is 0 Å². The minimum Gasteiger partial charge on any atom is -0.116 e. The summed E-state index contributed by atoms with van der Waals surface area (Å²) in [4.78, 5) is 0. The van der Waals surface area contributed by atoms with E-state index in [0.717, 1.165) is 0 Å². The first-order chi connectivity index (χ1) is 6.93. The third-order valence-corrected chi connectivity index (χ3v) is 0. The smallest absolute Gasteiger partial charge is 0 e. The largest absolute Gasteiger partial charge is 0.116 e. The molecule has 0 aromatic heterocycles. The van der Waals surface area contributed by atoms with Gasteiger partial charge in [0.1, 0.15) is 0 Å². The molecule has 0 aliphatic carbocycles. The molecular weight excluding hydrogens is 327 g/mol. The fraction of sp³-hybridized carbons (Fsp3) is 1.00. The molecule has 0 amide bonds. The Hall–Kier alpha value is 2.21. The Morgan fingerprint density at radius 3 is 0.294 bits per heavy atom. The predicted octanol–water partition coefficient (Wildman–Crippen LogP) is 5.43. The van der Waals surface area contributed by atoms with Gasteiger partial charge in [-0.05, 0) is 80.0 Å². The van der Waals surface area contributed by atoms with Gasteiger partial charge in [0, 0.05) is 16.5 Å². The molecule has 0 fully saturated rings. The standard InChI is InChI=1S/4C3H9P.Ni/c4*1-4(2)3;/h4*1-3H3;. The Morgan fingerprint density at radius 2 is 0.294 bits per heavy atom. The molecule has 0 spiro atoms. The van der Waals surface area contributed by atoms with Gasteiger partial charge >= 0.3 is 0 Å². The van der Waals surface area contributed by atoms with Crippen molar-refractivity contribution in [2.45, 2.75) is 0 Å². The van der Waals surface area contributed by atoms with Crippen LogP contribution in [0.1, 0.15) is 0 Å². The molecule has 0 unspecified atom stereocenters. The summed E-state index contributed by atoms with van der Waals surface area (Å²) >= 11 is 0. The first-order valence-electron chi connectivity index (χ1n) is 5.37. The average molecular weight is 363 g/mol. The van der Waals surface area contributed by atoms with Crippen LogP contribution in [0.2, 0.25) is 0 Å². The van der Waals surface area contributed by atoms with Crippen molar-refractivity contribution in [1.29, 1.82) is 0 Å². The molecule has 0 saturated carbocycles. The molecule has 0 rings (SSSR count). The Balaban J connectivity index is -0.0000000369. The maximum Gasteiger partial charge on any atom is 0 e. The quantitative estimate of drug-likeness (QED) is 0.398. The zero-order valence-electron chi connectivity index (χ0n) is 14.1. The molecule has 0 aromatic rings. The Morgan fingerprint density at radius 1 is 0.294 bits per heavy atom. The van der Waals surface area contributed by atoms with Gasteiger partial charge in [-0.2, -0.15) is 0 Å². The number of rotatable bonds is 0. The molecule has 0 heterocycles. The van der Waals surface area contributed by atoms with Crippen molar-refractivity contribution in [3.63, 3.8) is 0 Å². The van der Waals surface area contributed by atoms with Crippen LogP contribution in [0.15, 0.2) is 0 Å². The Bertz CT molecular complexity index is 61.5. The van der Waals surface area contributed by atoms with Gasteiger partial charge in [-0.25, -0.2) is 0 Å². The van der Waals surface area contributed by atoms with E-state index in [1.165, 1.54) is 0 Å². The molecule has 0 aromatic carbocycles. The second-order valence-corrected chi connectivity index (χ2v) is 16.1. The van der Waals surface area contributed by atoms with Crippen LogP contribution < -0.4 is 0 Å². The summed E-state index contributed by atoms with van der Waals surface area (Å²) in [6, 6.07) is 0. The second kappa shape index (κ2) is 26.7. The van der Waals surface area contributed by atoms with E-state index in [-0.39, 0.29) is 16.5 Å². The summed E-state index contributed by atoms with van der Waals surface area (Å²) < 4.78 is 0. The minimum absolute atomic E-state index is 0. The van der Waals surface area contributed by atoms with Gasteiger partial charge < -0.3 is 0 Å². The number of hydrogen-bond acceptors (Lipinski definition) is 0. The van der Waals surface area contributed by atoms with Crippen molar-refractivity contribution in [3.05, 3.63) is 0 Å². The first-order valence-corrected chi connectivity index (χ1v) is 16.1. The maximum atomic E-state index is 2.23. The van der Waals surface area contributed by atoms with Gasteiger partial charge in [0.2, 0.25) is 0 Å². The van der Waals surface area contributed by atoms with Crippen LogP contribution in [0.4, 0.5) is 0 Å². The van der Waals surface area contributed by atoms with Gasteiger partial charge in [0.25, 0.3) is 0 Å². The van der Waals surface area contributed by atoms with Gasteiger partial charge in [-0.15, -0.1) is 31.7 Å². The fourth-order valence-corrected chi connectivity index (χ4v) is 0. The molecule has 17 heavy (non-hydrogen) atoms. The summed E-state index contributed by atoms with van der Waals surface area (Å²) in [5.74, 6) is 0. The normalized spacial score (nSPS) is 8.47. The van der Waals surface area contributed by atoms with E-state index in [9.17, 15) is 0 Å². The van der Waals surface area contributed by atoms with Crippen molar-refractivity contribution in [3.8, 4) is 0 Å². The van der Waals surface area contributed by atoms with Crippen LogP contribution in [-0.4, -0.2) is 80.0 Å². The summed E-state index contributed by atoms with van der Waals surface area (Å²) in [5.41, 5.74) is 0.